The smallest absolute Gasteiger partial charge is 0.178 e. The molecule has 3 N–H and O–H groups in total. The van der Waals surface area contributed by atoms with E-state index in [9.17, 15) is 5.11 Å². The van der Waals surface area contributed by atoms with Crippen LogP contribution in [0.5, 0.6) is 5.75 Å². The number of fused-ring (bicyclic) bond motifs is 1. The van der Waals surface area contributed by atoms with E-state index in [0.717, 1.165) is 17.2 Å². The van der Waals surface area contributed by atoms with E-state index in [2.05, 4.69) is 5.32 Å². The summed E-state index contributed by atoms with van der Waals surface area (Å²) in [4.78, 5) is 0. The van der Waals surface area contributed by atoms with E-state index in [1.807, 2.05) is 49.4 Å². The monoisotopic (exact) mass is 275 g/mol. The average Bonchev–Trinajstić information content (AvgIpc) is 2.50. The van der Waals surface area contributed by atoms with Gasteiger partial charge in [0.05, 0.1) is 6.61 Å². The summed E-state index contributed by atoms with van der Waals surface area (Å²) in [7, 11) is 0. The molecule has 20 heavy (non-hydrogen) atoms. The summed E-state index contributed by atoms with van der Waals surface area (Å²) in [5, 5.41) is 24.1. The normalized spacial score (nSPS) is 14.2. The van der Waals surface area contributed by atoms with Crippen molar-refractivity contribution in [3.05, 3.63) is 42.5 Å². The molecule has 108 valence electrons. The minimum Gasteiger partial charge on any atom is -0.472 e. The van der Waals surface area contributed by atoms with Gasteiger partial charge in [0.1, 0.15) is 11.9 Å². The predicted molar refractivity (Wildman–Crippen MR) is 79.8 cm³/mol. The molecule has 0 aliphatic rings. The second kappa shape index (κ2) is 7.24. The highest BCUT2D eigenvalue weighted by atomic mass is 16.5. The van der Waals surface area contributed by atoms with Gasteiger partial charge in [-0.25, -0.2) is 0 Å². The molecule has 0 aliphatic heterocycles. The van der Waals surface area contributed by atoms with Crippen LogP contribution in [-0.4, -0.2) is 35.7 Å². The van der Waals surface area contributed by atoms with Crippen LogP contribution in [0.15, 0.2) is 42.5 Å². The van der Waals surface area contributed by atoms with Crippen LogP contribution >= 0.6 is 0 Å². The molecule has 0 radical (unpaired) electrons. The lowest BCUT2D eigenvalue weighted by Crippen LogP contribution is -2.46. The first-order valence-corrected chi connectivity index (χ1v) is 6.93. The number of benzene rings is 2. The van der Waals surface area contributed by atoms with Gasteiger partial charge in [0.2, 0.25) is 0 Å². The zero-order chi connectivity index (χ0) is 14.4. The van der Waals surface area contributed by atoms with Gasteiger partial charge in [0.25, 0.3) is 0 Å². The van der Waals surface area contributed by atoms with Crippen molar-refractivity contribution in [3.63, 3.8) is 0 Å². The summed E-state index contributed by atoms with van der Waals surface area (Å²) in [6.45, 7) is 2.41. The quantitative estimate of drug-likeness (QED) is 0.675. The van der Waals surface area contributed by atoms with E-state index in [1.165, 1.54) is 0 Å². The topological polar surface area (TPSA) is 61.7 Å². The minimum absolute atomic E-state index is 0.341. The number of aliphatic hydroxyl groups excluding tert-OH is 2. The zero-order valence-electron chi connectivity index (χ0n) is 11.6. The standard InChI is InChI=1S/C16H21NO3/c1-2-10-17-16(14(19)11-18)20-15-9-5-7-12-6-3-4-8-13(12)15/h3-9,14,16-19H,2,10-11H2,1H3. The maximum absolute atomic E-state index is 9.84. The lowest BCUT2D eigenvalue weighted by molar-refractivity contribution is -0.0158. The minimum atomic E-state index is -0.958. The predicted octanol–water partition coefficient (Wildman–Crippen LogP) is 1.90. The summed E-state index contributed by atoms with van der Waals surface area (Å²) in [5.74, 6) is 0.698. The molecule has 0 saturated heterocycles. The lowest BCUT2D eigenvalue weighted by Gasteiger charge is -2.24. The number of hydrogen-bond donors (Lipinski definition) is 3. The number of hydrogen-bond acceptors (Lipinski definition) is 4. The molecule has 0 aromatic heterocycles. The van der Waals surface area contributed by atoms with Crippen LogP contribution in [0, 0.1) is 0 Å². The van der Waals surface area contributed by atoms with Crippen molar-refractivity contribution >= 4 is 10.8 Å². The summed E-state index contributed by atoms with van der Waals surface area (Å²) >= 11 is 0. The molecular formula is C16H21NO3. The third kappa shape index (κ3) is 3.48. The van der Waals surface area contributed by atoms with Crippen LogP contribution < -0.4 is 10.1 Å². The Balaban J connectivity index is 2.23. The molecule has 2 rings (SSSR count). The fourth-order valence-corrected chi connectivity index (χ4v) is 2.07. The van der Waals surface area contributed by atoms with Gasteiger partial charge in [0, 0.05) is 5.39 Å². The summed E-state index contributed by atoms with van der Waals surface area (Å²) < 4.78 is 5.86. The number of rotatable bonds is 7. The number of aliphatic hydroxyl groups is 2. The SMILES string of the molecule is CCCNC(Oc1cccc2ccccc12)C(O)CO. The van der Waals surface area contributed by atoms with Crippen molar-refractivity contribution in [2.45, 2.75) is 25.7 Å². The van der Waals surface area contributed by atoms with Gasteiger partial charge in [-0.05, 0) is 24.4 Å². The molecule has 4 heteroatoms. The Morgan fingerprint density at radius 3 is 2.65 bits per heavy atom. The summed E-state index contributed by atoms with van der Waals surface area (Å²) in [6.07, 6.45) is -0.653. The van der Waals surface area contributed by atoms with Crippen molar-refractivity contribution in [1.82, 2.24) is 5.32 Å². The highest BCUT2D eigenvalue weighted by Crippen LogP contribution is 2.26. The molecule has 4 nitrogen and oxygen atoms in total. The molecule has 0 saturated carbocycles. The first kappa shape index (κ1) is 14.8. The Kier molecular flexibility index (Phi) is 5.35. The third-order valence-corrected chi connectivity index (χ3v) is 3.14. The van der Waals surface area contributed by atoms with Crippen LogP contribution in [0.1, 0.15) is 13.3 Å². The van der Waals surface area contributed by atoms with Gasteiger partial charge < -0.3 is 14.9 Å². The van der Waals surface area contributed by atoms with E-state index in [4.69, 9.17) is 9.84 Å². The van der Waals surface area contributed by atoms with E-state index in [1.54, 1.807) is 0 Å². The van der Waals surface area contributed by atoms with E-state index >= 15 is 0 Å². The molecule has 0 amide bonds. The molecule has 2 unspecified atom stereocenters. The molecule has 0 spiro atoms. The van der Waals surface area contributed by atoms with Gasteiger partial charge >= 0.3 is 0 Å². The molecule has 2 aromatic rings. The first-order chi connectivity index (χ1) is 9.76. The Hall–Kier alpha value is -1.62. The van der Waals surface area contributed by atoms with E-state index < -0.39 is 12.3 Å². The van der Waals surface area contributed by atoms with Crippen molar-refractivity contribution in [2.75, 3.05) is 13.2 Å². The van der Waals surface area contributed by atoms with Crippen molar-refractivity contribution in [1.29, 1.82) is 0 Å². The molecule has 2 atom stereocenters. The van der Waals surface area contributed by atoms with Crippen molar-refractivity contribution in [3.8, 4) is 5.75 Å². The Morgan fingerprint density at radius 2 is 1.90 bits per heavy atom. The fourth-order valence-electron chi connectivity index (χ4n) is 2.07. The van der Waals surface area contributed by atoms with Gasteiger partial charge in [-0.15, -0.1) is 0 Å². The second-order valence-corrected chi connectivity index (χ2v) is 4.72. The van der Waals surface area contributed by atoms with Crippen molar-refractivity contribution in [2.24, 2.45) is 0 Å². The van der Waals surface area contributed by atoms with Crippen LogP contribution in [0.3, 0.4) is 0 Å². The van der Waals surface area contributed by atoms with Crippen LogP contribution in [-0.2, 0) is 0 Å². The first-order valence-electron chi connectivity index (χ1n) is 6.93. The van der Waals surface area contributed by atoms with Gasteiger partial charge in [-0.3, -0.25) is 5.32 Å². The largest absolute Gasteiger partial charge is 0.472 e. The van der Waals surface area contributed by atoms with E-state index in [-0.39, 0.29) is 6.61 Å². The summed E-state index contributed by atoms with van der Waals surface area (Å²) in [6, 6.07) is 13.7. The maximum Gasteiger partial charge on any atom is 0.178 e. The van der Waals surface area contributed by atoms with Gasteiger partial charge in [0.15, 0.2) is 6.23 Å². The maximum atomic E-state index is 9.84. The highest BCUT2D eigenvalue weighted by molar-refractivity contribution is 5.88. The van der Waals surface area contributed by atoms with Gasteiger partial charge in [-0.2, -0.15) is 0 Å². The van der Waals surface area contributed by atoms with Gasteiger partial charge in [-0.1, -0.05) is 43.3 Å². The lowest BCUT2D eigenvalue weighted by atomic mass is 10.1. The van der Waals surface area contributed by atoms with E-state index in [0.29, 0.717) is 12.3 Å². The molecule has 2 aromatic carbocycles. The number of ether oxygens (including phenoxy) is 1. The molecule has 0 fully saturated rings. The molecule has 0 aliphatic carbocycles. The third-order valence-electron chi connectivity index (χ3n) is 3.14. The molecular weight excluding hydrogens is 254 g/mol. The Bertz CT molecular complexity index is 539. The fraction of sp³-hybridized carbons (Fsp3) is 0.375. The highest BCUT2D eigenvalue weighted by Gasteiger charge is 2.20. The Morgan fingerprint density at radius 1 is 1.15 bits per heavy atom. The summed E-state index contributed by atoms with van der Waals surface area (Å²) in [5.41, 5.74) is 0. The Labute approximate surface area is 119 Å². The zero-order valence-corrected chi connectivity index (χ0v) is 11.6. The second-order valence-electron chi connectivity index (χ2n) is 4.72. The van der Waals surface area contributed by atoms with Crippen LogP contribution in [0.4, 0.5) is 0 Å². The molecule has 0 bridgehead atoms. The van der Waals surface area contributed by atoms with Crippen LogP contribution in [0.25, 0.3) is 10.8 Å². The molecule has 0 heterocycles. The number of nitrogens with one attached hydrogen (secondary N) is 1. The average molecular weight is 275 g/mol. The van der Waals surface area contributed by atoms with Crippen molar-refractivity contribution < 1.29 is 14.9 Å². The van der Waals surface area contributed by atoms with Crippen LogP contribution in [0.2, 0.25) is 0 Å².